The van der Waals surface area contributed by atoms with Gasteiger partial charge in [-0.25, -0.2) is 4.98 Å². The number of carbonyl (C=O) groups is 2. The number of carbonyl (C=O) groups excluding carboxylic acids is 2. The molecule has 2 aromatic carbocycles. The lowest BCUT2D eigenvalue weighted by atomic mass is 10.2. The Morgan fingerprint density at radius 2 is 1.92 bits per heavy atom. The smallest absolute Gasteiger partial charge is 0.261 e. The summed E-state index contributed by atoms with van der Waals surface area (Å²) in [5.74, 6) is -0.587. The van der Waals surface area contributed by atoms with Crippen molar-refractivity contribution >= 4 is 28.4 Å². The van der Waals surface area contributed by atoms with Crippen LogP contribution in [0, 0.1) is 0 Å². The number of nitrogens with zero attached hydrogens (tertiary/aromatic N) is 2. The first-order valence-corrected chi connectivity index (χ1v) is 8.21. The lowest BCUT2D eigenvalue weighted by molar-refractivity contribution is -0.116. The predicted molar refractivity (Wildman–Crippen MR) is 99.1 cm³/mol. The van der Waals surface area contributed by atoms with Crippen LogP contribution in [0.2, 0.25) is 0 Å². The fourth-order valence-corrected chi connectivity index (χ4v) is 2.57. The SMILES string of the molecule is CCNC(=O)c1cccc(NC(=O)Cn2cnc3ccccc3c2=O)c1. The van der Waals surface area contributed by atoms with Crippen LogP contribution in [-0.2, 0) is 11.3 Å². The van der Waals surface area contributed by atoms with Gasteiger partial charge < -0.3 is 10.6 Å². The highest BCUT2D eigenvalue weighted by Crippen LogP contribution is 2.11. The number of nitrogens with one attached hydrogen (secondary N) is 2. The number of para-hydroxylation sites is 1. The molecule has 3 aromatic rings. The number of anilines is 1. The van der Waals surface area contributed by atoms with Crippen LogP contribution in [0.25, 0.3) is 10.9 Å². The Labute approximate surface area is 149 Å². The number of benzene rings is 2. The molecule has 0 aliphatic carbocycles. The molecular weight excluding hydrogens is 332 g/mol. The second-order valence-corrected chi connectivity index (χ2v) is 5.68. The summed E-state index contributed by atoms with van der Waals surface area (Å²) < 4.78 is 1.26. The minimum absolute atomic E-state index is 0.165. The summed E-state index contributed by atoms with van der Waals surface area (Å²) in [6, 6.07) is 13.6. The van der Waals surface area contributed by atoms with Gasteiger partial charge in [-0.2, -0.15) is 0 Å². The van der Waals surface area contributed by atoms with Crippen LogP contribution in [-0.4, -0.2) is 27.9 Å². The summed E-state index contributed by atoms with van der Waals surface area (Å²) in [7, 11) is 0. The molecule has 0 aliphatic heterocycles. The summed E-state index contributed by atoms with van der Waals surface area (Å²) >= 11 is 0. The Morgan fingerprint density at radius 1 is 1.12 bits per heavy atom. The minimum atomic E-state index is -0.378. The van der Waals surface area contributed by atoms with Gasteiger partial charge in [-0.15, -0.1) is 0 Å². The third-order valence-corrected chi connectivity index (χ3v) is 3.79. The molecule has 2 amide bonds. The average Bonchev–Trinajstić information content (AvgIpc) is 2.64. The van der Waals surface area contributed by atoms with Gasteiger partial charge in [0.05, 0.1) is 17.2 Å². The van der Waals surface area contributed by atoms with E-state index in [4.69, 9.17) is 0 Å². The molecule has 0 fully saturated rings. The Kier molecular flexibility index (Phi) is 5.07. The highest BCUT2D eigenvalue weighted by molar-refractivity contribution is 5.97. The van der Waals surface area contributed by atoms with Gasteiger partial charge in [0, 0.05) is 17.8 Å². The third kappa shape index (κ3) is 3.77. The van der Waals surface area contributed by atoms with E-state index in [1.807, 2.05) is 6.92 Å². The van der Waals surface area contributed by atoms with E-state index in [1.165, 1.54) is 10.9 Å². The van der Waals surface area contributed by atoms with Crippen LogP contribution < -0.4 is 16.2 Å². The normalized spacial score (nSPS) is 10.5. The molecule has 0 saturated heterocycles. The maximum absolute atomic E-state index is 12.4. The summed E-state index contributed by atoms with van der Waals surface area (Å²) in [6.45, 7) is 2.19. The molecule has 7 nitrogen and oxygen atoms in total. The predicted octanol–water partition coefficient (Wildman–Crippen LogP) is 1.78. The lowest BCUT2D eigenvalue weighted by Gasteiger charge is -2.09. The number of fused-ring (bicyclic) bond motifs is 1. The standard InChI is InChI=1S/C19H18N4O3/c1-2-20-18(25)13-6-5-7-14(10-13)22-17(24)11-23-12-21-16-9-4-3-8-15(16)19(23)26/h3-10,12H,2,11H2,1H3,(H,20,25)(H,22,24). The van der Waals surface area contributed by atoms with Crippen LogP contribution in [0.5, 0.6) is 0 Å². The van der Waals surface area contributed by atoms with Gasteiger partial charge in [-0.3, -0.25) is 19.0 Å². The van der Waals surface area contributed by atoms with E-state index in [1.54, 1.807) is 48.5 Å². The van der Waals surface area contributed by atoms with E-state index in [-0.39, 0.29) is 23.9 Å². The van der Waals surface area contributed by atoms with E-state index in [9.17, 15) is 14.4 Å². The van der Waals surface area contributed by atoms with E-state index in [2.05, 4.69) is 15.6 Å². The molecule has 132 valence electrons. The van der Waals surface area contributed by atoms with Crippen LogP contribution in [0.1, 0.15) is 17.3 Å². The summed E-state index contributed by atoms with van der Waals surface area (Å²) in [6.07, 6.45) is 1.36. The first kappa shape index (κ1) is 17.3. The Bertz CT molecular complexity index is 1030. The maximum atomic E-state index is 12.4. The largest absolute Gasteiger partial charge is 0.352 e. The molecule has 1 aromatic heterocycles. The molecule has 0 radical (unpaired) electrons. The first-order chi connectivity index (χ1) is 12.6. The molecule has 0 saturated carbocycles. The van der Waals surface area contributed by atoms with Crippen LogP contribution >= 0.6 is 0 Å². The molecule has 0 aliphatic rings. The third-order valence-electron chi connectivity index (χ3n) is 3.79. The van der Waals surface area contributed by atoms with Crippen LogP contribution in [0.4, 0.5) is 5.69 Å². The van der Waals surface area contributed by atoms with Crippen molar-refractivity contribution in [3.63, 3.8) is 0 Å². The van der Waals surface area contributed by atoms with Gasteiger partial charge in [0.15, 0.2) is 0 Å². The van der Waals surface area contributed by atoms with Gasteiger partial charge in [-0.05, 0) is 37.3 Å². The number of aromatic nitrogens is 2. The van der Waals surface area contributed by atoms with Gasteiger partial charge in [-0.1, -0.05) is 18.2 Å². The highest BCUT2D eigenvalue weighted by Gasteiger charge is 2.10. The molecular formula is C19H18N4O3. The number of hydrogen-bond donors (Lipinski definition) is 2. The molecule has 3 rings (SSSR count). The molecule has 2 N–H and O–H groups in total. The van der Waals surface area contributed by atoms with Gasteiger partial charge in [0.1, 0.15) is 6.54 Å². The van der Waals surface area contributed by atoms with Crippen molar-refractivity contribution in [2.75, 3.05) is 11.9 Å². The average molecular weight is 350 g/mol. The van der Waals surface area contributed by atoms with Crippen molar-refractivity contribution in [2.45, 2.75) is 13.5 Å². The zero-order valence-corrected chi connectivity index (χ0v) is 14.2. The molecule has 7 heteroatoms. The van der Waals surface area contributed by atoms with Crippen molar-refractivity contribution in [1.82, 2.24) is 14.9 Å². The molecule has 26 heavy (non-hydrogen) atoms. The first-order valence-electron chi connectivity index (χ1n) is 8.21. The highest BCUT2D eigenvalue weighted by atomic mass is 16.2. The van der Waals surface area contributed by atoms with Crippen LogP contribution in [0.3, 0.4) is 0 Å². The zero-order chi connectivity index (χ0) is 18.5. The minimum Gasteiger partial charge on any atom is -0.352 e. The number of hydrogen-bond acceptors (Lipinski definition) is 4. The summed E-state index contributed by atoms with van der Waals surface area (Å²) in [5, 5.41) is 5.86. The quantitative estimate of drug-likeness (QED) is 0.734. The van der Waals surface area contributed by atoms with E-state index in [0.717, 1.165) is 0 Å². The fourth-order valence-electron chi connectivity index (χ4n) is 2.57. The number of rotatable bonds is 5. The lowest BCUT2D eigenvalue weighted by Crippen LogP contribution is -2.28. The topological polar surface area (TPSA) is 93.1 Å². The van der Waals surface area contributed by atoms with E-state index < -0.39 is 0 Å². The van der Waals surface area contributed by atoms with Crippen molar-refractivity contribution in [2.24, 2.45) is 0 Å². The van der Waals surface area contributed by atoms with Gasteiger partial charge in [0.25, 0.3) is 11.5 Å². The van der Waals surface area contributed by atoms with Crippen molar-refractivity contribution in [1.29, 1.82) is 0 Å². The molecule has 1 heterocycles. The van der Waals surface area contributed by atoms with Crippen molar-refractivity contribution in [3.8, 4) is 0 Å². The Hall–Kier alpha value is -3.48. The maximum Gasteiger partial charge on any atom is 0.261 e. The van der Waals surface area contributed by atoms with Gasteiger partial charge >= 0.3 is 0 Å². The second kappa shape index (κ2) is 7.60. The van der Waals surface area contributed by atoms with Crippen LogP contribution in [0.15, 0.2) is 59.7 Å². The van der Waals surface area contributed by atoms with Crippen molar-refractivity contribution < 1.29 is 9.59 Å². The number of amides is 2. The second-order valence-electron chi connectivity index (χ2n) is 5.68. The van der Waals surface area contributed by atoms with E-state index in [0.29, 0.717) is 28.7 Å². The van der Waals surface area contributed by atoms with E-state index >= 15 is 0 Å². The zero-order valence-electron chi connectivity index (χ0n) is 14.2. The monoisotopic (exact) mass is 350 g/mol. The van der Waals surface area contributed by atoms with Crippen molar-refractivity contribution in [3.05, 3.63) is 70.8 Å². The Balaban J connectivity index is 1.75. The summed E-state index contributed by atoms with van der Waals surface area (Å²) in [4.78, 5) is 40.8. The summed E-state index contributed by atoms with van der Waals surface area (Å²) in [5.41, 5.74) is 1.25. The van der Waals surface area contributed by atoms with Gasteiger partial charge in [0.2, 0.25) is 5.91 Å². The molecule has 0 unspecified atom stereocenters. The molecule has 0 spiro atoms. The fraction of sp³-hybridized carbons (Fsp3) is 0.158. The Morgan fingerprint density at radius 3 is 2.73 bits per heavy atom. The molecule has 0 bridgehead atoms. The molecule has 0 atom stereocenters.